The largest absolute Gasteiger partial charge is 0.321 e. The van der Waals surface area contributed by atoms with Crippen LogP contribution in [0, 0.1) is 0 Å². The molecule has 1 fully saturated rings. The molecule has 6 nitrogen and oxygen atoms in total. The van der Waals surface area contributed by atoms with Gasteiger partial charge in [0.25, 0.3) is 0 Å². The van der Waals surface area contributed by atoms with E-state index in [0.717, 1.165) is 17.8 Å². The Morgan fingerprint density at radius 1 is 1.38 bits per heavy atom. The predicted molar refractivity (Wildman–Crippen MR) is 81.1 cm³/mol. The monoisotopic (exact) mass is 282 g/mol. The van der Waals surface area contributed by atoms with E-state index in [1.807, 2.05) is 25.5 Å². The predicted octanol–water partition coefficient (Wildman–Crippen LogP) is 1.86. The van der Waals surface area contributed by atoms with Crippen LogP contribution in [0.1, 0.15) is 25.0 Å². The Hall–Kier alpha value is -2.21. The van der Waals surface area contributed by atoms with E-state index in [9.17, 15) is 0 Å². The van der Waals surface area contributed by atoms with E-state index in [1.54, 1.807) is 10.9 Å². The quantitative estimate of drug-likeness (QED) is 0.899. The molecule has 2 bridgehead atoms. The maximum atomic E-state index is 4.64. The molecule has 21 heavy (non-hydrogen) atoms. The second-order valence-electron chi connectivity index (χ2n) is 5.74. The van der Waals surface area contributed by atoms with E-state index in [0.29, 0.717) is 18.0 Å². The van der Waals surface area contributed by atoms with Gasteiger partial charge in [-0.1, -0.05) is 6.08 Å². The molecule has 0 radical (unpaired) electrons. The van der Waals surface area contributed by atoms with E-state index in [-0.39, 0.29) is 0 Å². The molecule has 2 N–H and O–H groups in total. The molecule has 2 aromatic heterocycles. The highest BCUT2D eigenvalue weighted by atomic mass is 15.3. The second-order valence-corrected chi connectivity index (χ2v) is 5.74. The van der Waals surface area contributed by atoms with Gasteiger partial charge in [0.2, 0.25) is 5.95 Å². The molecule has 2 aliphatic heterocycles. The van der Waals surface area contributed by atoms with Gasteiger partial charge in [-0.2, -0.15) is 5.10 Å². The number of aromatic nitrogens is 4. The van der Waals surface area contributed by atoms with Gasteiger partial charge in [-0.25, -0.2) is 9.97 Å². The third-order valence-electron chi connectivity index (χ3n) is 4.09. The normalized spacial score (nSPS) is 24.0. The molecule has 2 unspecified atom stereocenters. The van der Waals surface area contributed by atoms with Crippen LogP contribution in [0.15, 0.2) is 30.7 Å². The fraction of sp³-hybridized carbons (Fsp3) is 0.400. The summed E-state index contributed by atoms with van der Waals surface area (Å²) in [6, 6.07) is 3.12. The van der Waals surface area contributed by atoms with Gasteiger partial charge in [-0.05, 0) is 30.9 Å². The number of hydrogen-bond donors (Lipinski definition) is 2. The standard InChI is InChI=1S/C15H18N6/c1-21-9-13(8-17-21)19-15-16-5-4-14(20-15)10-6-11-2-3-12(7-10)18-11/h4-6,8-9,11-12,18H,2-3,7H2,1H3,(H,16,19,20). The van der Waals surface area contributed by atoms with Gasteiger partial charge in [0.05, 0.1) is 17.6 Å². The van der Waals surface area contributed by atoms with Crippen LogP contribution in [0.3, 0.4) is 0 Å². The fourth-order valence-electron chi connectivity index (χ4n) is 3.12. The van der Waals surface area contributed by atoms with Gasteiger partial charge in [0.1, 0.15) is 0 Å². The average molecular weight is 282 g/mol. The highest BCUT2D eigenvalue weighted by Gasteiger charge is 2.28. The minimum atomic E-state index is 0.517. The Morgan fingerprint density at radius 2 is 2.33 bits per heavy atom. The van der Waals surface area contributed by atoms with Crippen molar-refractivity contribution in [2.45, 2.75) is 31.3 Å². The first-order valence-electron chi connectivity index (χ1n) is 7.32. The summed E-state index contributed by atoms with van der Waals surface area (Å²) < 4.78 is 1.75. The van der Waals surface area contributed by atoms with Crippen molar-refractivity contribution in [2.24, 2.45) is 7.05 Å². The third-order valence-corrected chi connectivity index (χ3v) is 4.09. The summed E-state index contributed by atoms with van der Waals surface area (Å²) in [7, 11) is 1.89. The lowest BCUT2D eigenvalue weighted by atomic mass is 10.0. The summed E-state index contributed by atoms with van der Waals surface area (Å²) in [5.74, 6) is 0.618. The Morgan fingerprint density at radius 3 is 3.14 bits per heavy atom. The molecular formula is C15H18N6. The lowest BCUT2D eigenvalue weighted by Gasteiger charge is -2.21. The van der Waals surface area contributed by atoms with Crippen molar-refractivity contribution in [3.63, 3.8) is 0 Å². The molecule has 0 aliphatic carbocycles. The first-order valence-corrected chi connectivity index (χ1v) is 7.32. The lowest BCUT2D eigenvalue weighted by Crippen LogP contribution is -2.32. The zero-order valence-corrected chi connectivity index (χ0v) is 12.0. The highest BCUT2D eigenvalue weighted by Crippen LogP contribution is 2.31. The zero-order valence-electron chi connectivity index (χ0n) is 12.0. The van der Waals surface area contributed by atoms with E-state index in [2.05, 4.69) is 31.8 Å². The molecule has 4 rings (SSSR count). The average Bonchev–Trinajstić information content (AvgIpc) is 3.04. The molecule has 2 atom stereocenters. The van der Waals surface area contributed by atoms with Gasteiger partial charge in [-0.3, -0.25) is 4.68 Å². The smallest absolute Gasteiger partial charge is 0.227 e. The van der Waals surface area contributed by atoms with Crippen molar-refractivity contribution in [3.8, 4) is 0 Å². The summed E-state index contributed by atoms with van der Waals surface area (Å²) in [6.07, 6.45) is 11.3. The summed E-state index contributed by atoms with van der Waals surface area (Å²) in [4.78, 5) is 8.93. The summed E-state index contributed by atoms with van der Waals surface area (Å²) in [5, 5.41) is 10.9. The molecule has 108 valence electrons. The van der Waals surface area contributed by atoms with E-state index in [1.165, 1.54) is 18.4 Å². The van der Waals surface area contributed by atoms with E-state index < -0.39 is 0 Å². The molecular weight excluding hydrogens is 264 g/mol. The Kier molecular flexibility index (Phi) is 2.96. The van der Waals surface area contributed by atoms with Gasteiger partial charge in [-0.15, -0.1) is 0 Å². The number of hydrogen-bond acceptors (Lipinski definition) is 5. The zero-order chi connectivity index (χ0) is 14.2. The minimum Gasteiger partial charge on any atom is -0.321 e. The second kappa shape index (κ2) is 4.96. The molecule has 0 aromatic carbocycles. The lowest BCUT2D eigenvalue weighted by molar-refractivity contribution is 0.574. The molecule has 2 aliphatic rings. The Labute approximate surface area is 123 Å². The number of fused-ring (bicyclic) bond motifs is 2. The highest BCUT2D eigenvalue weighted by molar-refractivity contribution is 5.66. The van der Waals surface area contributed by atoms with Crippen LogP contribution in [0.4, 0.5) is 11.6 Å². The first-order chi connectivity index (χ1) is 10.3. The van der Waals surface area contributed by atoms with Crippen LogP contribution in [0.5, 0.6) is 0 Å². The van der Waals surface area contributed by atoms with Crippen molar-refractivity contribution in [2.75, 3.05) is 5.32 Å². The molecule has 2 aromatic rings. The fourth-order valence-corrected chi connectivity index (χ4v) is 3.12. The van der Waals surface area contributed by atoms with E-state index >= 15 is 0 Å². The SMILES string of the molecule is Cn1cc(Nc2nccc(C3=CC4CCC(C3)N4)n2)cn1. The molecule has 6 heteroatoms. The molecule has 0 spiro atoms. The Bertz CT molecular complexity index is 689. The van der Waals surface area contributed by atoms with Crippen LogP contribution >= 0.6 is 0 Å². The van der Waals surface area contributed by atoms with Gasteiger partial charge < -0.3 is 10.6 Å². The number of rotatable bonds is 3. The third kappa shape index (κ3) is 2.54. The summed E-state index contributed by atoms with van der Waals surface area (Å²) in [5.41, 5.74) is 3.25. The van der Waals surface area contributed by atoms with Crippen LogP contribution in [-0.2, 0) is 7.05 Å². The van der Waals surface area contributed by atoms with Gasteiger partial charge in [0.15, 0.2) is 0 Å². The first kappa shape index (κ1) is 12.5. The van der Waals surface area contributed by atoms with Crippen molar-refractivity contribution in [1.82, 2.24) is 25.1 Å². The van der Waals surface area contributed by atoms with Gasteiger partial charge >= 0.3 is 0 Å². The van der Waals surface area contributed by atoms with Crippen LogP contribution < -0.4 is 10.6 Å². The number of nitrogens with one attached hydrogen (secondary N) is 2. The van der Waals surface area contributed by atoms with Crippen molar-refractivity contribution in [1.29, 1.82) is 0 Å². The maximum absolute atomic E-state index is 4.64. The molecule has 1 saturated heterocycles. The molecule has 4 heterocycles. The molecule has 0 saturated carbocycles. The van der Waals surface area contributed by atoms with Crippen molar-refractivity contribution in [3.05, 3.63) is 36.4 Å². The maximum Gasteiger partial charge on any atom is 0.227 e. The van der Waals surface area contributed by atoms with Crippen LogP contribution in [0.25, 0.3) is 5.57 Å². The summed E-state index contributed by atoms with van der Waals surface area (Å²) in [6.45, 7) is 0. The van der Waals surface area contributed by atoms with Crippen molar-refractivity contribution < 1.29 is 0 Å². The number of anilines is 2. The number of aryl methyl sites for hydroxylation is 1. The van der Waals surface area contributed by atoms with Crippen LogP contribution in [0.2, 0.25) is 0 Å². The Balaban J connectivity index is 1.58. The number of nitrogens with zero attached hydrogens (tertiary/aromatic N) is 4. The van der Waals surface area contributed by atoms with E-state index in [4.69, 9.17) is 0 Å². The van der Waals surface area contributed by atoms with Crippen LogP contribution in [-0.4, -0.2) is 31.8 Å². The van der Waals surface area contributed by atoms with Crippen molar-refractivity contribution >= 4 is 17.2 Å². The van der Waals surface area contributed by atoms with Gasteiger partial charge in [0, 0.05) is 31.5 Å². The minimum absolute atomic E-state index is 0.517. The summed E-state index contributed by atoms with van der Waals surface area (Å²) >= 11 is 0. The molecule has 0 amide bonds. The topological polar surface area (TPSA) is 67.7 Å².